The second-order valence-corrected chi connectivity index (χ2v) is 6.96. The largest absolute Gasteiger partial charge is 0.399 e. The molecule has 0 bridgehead atoms. The first-order chi connectivity index (χ1) is 8.88. The minimum Gasteiger partial charge on any atom is -0.399 e. The Balaban J connectivity index is 2.78. The fourth-order valence-electron chi connectivity index (χ4n) is 1.32. The van der Waals surface area contributed by atoms with E-state index < -0.39 is 10.0 Å². The number of anilines is 1. The molecule has 0 aliphatic rings. The van der Waals surface area contributed by atoms with E-state index in [0.29, 0.717) is 14.6 Å². The summed E-state index contributed by atoms with van der Waals surface area (Å²) in [6.45, 7) is 0.383. The van der Waals surface area contributed by atoms with Gasteiger partial charge in [-0.25, -0.2) is 13.1 Å². The lowest BCUT2D eigenvalue weighted by Gasteiger charge is -2.11. The van der Waals surface area contributed by atoms with Gasteiger partial charge in [0.25, 0.3) is 0 Å². The molecule has 0 saturated heterocycles. The standard InChI is InChI=1S/C10H14Br2N2O4S/c11-8-5-7(13)6-9(12)10(8)19(16,17)14-1-3-18-4-2-15/h5-6,14-15H,1-4,13H2. The van der Waals surface area contributed by atoms with Crippen molar-refractivity contribution in [2.24, 2.45) is 0 Å². The number of aliphatic hydroxyl groups excluding tert-OH is 1. The van der Waals surface area contributed by atoms with Crippen LogP contribution in [0.15, 0.2) is 26.0 Å². The highest BCUT2D eigenvalue weighted by Crippen LogP contribution is 2.32. The molecule has 9 heteroatoms. The molecule has 4 N–H and O–H groups in total. The van der Waals surface area contributed by atoms with Crippen molar-refractivity contribution in [3.8, 4) is 0 Å². The fraction of sp³-hybridized carbons (Fsp3) is 0.400. The summed E-state index contributed by atoms with van der Waals surface area (Å²) in [7, 11) is -3.67. The highest BCUT2D eigenvalue weighted by molar-refractivity contribution is 9.11. The molecule has 0 saturated carbocycles. The third-order valence-corrected chi connectivity index (χ3v) is 5.40. The molecule has 19 heavy (non-hydrogen) atoms. The van der Waals surface area contributed by atoms with Gasteiger partial charge >= 0.3 is 0 Å². The molecule has 0 aliphatic carbocycles. The molecule has 0 unspecified atom stereocenters. The number of rotatable bonds is 7. The molecule has 108 valence electrons. The lowest BCUT2D eigenvalue weighted by atomic mass is 10.3. The summed E-state index contributed by atoms with van der Waals surface area (Å²) in [4.78, 5) is 0.0869. The van der Waals surface area contributed by atoms with Crippen molar-refractivity contribution in [1.29, 1.82) is 0 Å². The number of halogens is 2. The van der Waals surface area contributed by atoms with E-state index in [4.69, 9.17) is 15.6 Å². The number of benzene rings is 1. The average Bonchev–Trinajstić information content (AvgIpc) is 2.26. The Kier molecular flexibility index (Phi) is 6.71. The first kappa shape index (κ1) is 16.9. The Morgan fingerprint density at radius 3 is 2.37 bits per heavy atom. The minimum atomic E-state index is -3.67. The van der Waals surface area contributed by atoms with Gasteiger partial charge in [0.1, 0.15) is 4.90 Å². The van der Waals surface area contributed by atoms with Crippen molar-refractivity contribution in [3.05, 3.63) is 21.1 Å². The van der Waals surface area contributed by atoms with E-state index in [1.807, 2.05) is 0 Å². The van der Waals surface area contributed by atoms with Crippen molar-refractivity contribution in [2.75, 3.05) is 32.1 Å². The molecule has 1 aromatic rings. The maximum absolute atomic E-state index is 12.1. The highest BCUT2D eigenvalue weighted by Gasteiger charge is 2.21. The van der Waals surface area contributed by atoms with Gasteiger partial charge in [0, 0.05) is 21.2 Å². The molecule has 1 rings (SSSR count). The average molecular weight is 418 g/mol. The zero-order chi connectivity index (χ0) is 14.5. The predicted octanol–water partition coefficient (Wildman–Crippen LogP) is 1.08. The number of ether oxygens (including phenoxy) is 1. The van der Waals surface area contributed by atoms with Crippen LogP contribution < -0.4 is 10.5 Å². The minimum absolute atomic E-state index is 0.0869. The summed E-state index contributed by atoms with van der Waals surface area (Å²) < 4.78 is 32.3. The summed E-state index contributed by atoms with van der Waals surface area (Å²) in [6, 6.07) is 3.03. The Morgan fingerprint density at radius 1 is 1.26 bits per heavy atom. The van der Waals surface area contributed by atoms with Gasteiger partial charge in [-0.1, -0.05) is 0 Å². The Hall–Kier alpha value is -0.190. The van der Waals surface area contributed by atoms with Gasteiger partial charge in [0.05, 0.1) is 19.8 Å². The van der Waals surface area contributed by atoms with Crippen molar-refractivity contribution >= 4 is 47.6 Å². The quantitative estimate of drug-likeness (QED) is 0.455. The maximum atomic E-state index is 12.1. The van der Waals surface area contributed by atoms with Crippen LogP contribution in [0.25, 0.3) is 0 Å². The Bertz CT molecular complexity index is 513. The molecule has 0 aliphatic heterocycles. The second kappa shape index (κ2) is 7.55. The van der Waals surface area contributed by atoms with Crippen molar-refractivity contribution in [3.63, 3.8) is 0 Å². The molecular formula is C10H14Br2N2O4S. The molecule has 0 heterocycles. The fourth-order valence-corrected chi connectivity index (χ4v) is 4.95. The van der Waals surface area contributed by atoms with Gasteiger partial charge in [-0.05, 0) is 44.0 Å². The number of nitrogens with one attached hydrogen (secondary N) is 1. The van der Waals surface area contributed by atoms with Gasteiger partial charge in [-0.3, -0.25) is 0 Å². The van der Waals surface area contributed by atoms with Crippen LogP contribution in [-0.4, -0.2) is 39.9 Å². The van der Waals surface area contributed by atoms with Gasteiger partial charge in [-0.2, -0.15) is 0 Å². The molecule has 0 atom stereocenters. The smallest absolute Gasteiger partial charge is 0.242 e. The molecule has 1 aromatic carbocycles. The van der Waals surface area contributed by atoms with Crippen LogP contribution in [0, 0.1) is 0 Å². The summed E-state index contributed by atoms with van der Waals surface area (Å²) in [5.74, 6) is 0. The molecule has 0 spiro atoms. The third kappa shape index (κ3) is 5.01. The topological polar surface area (TPSA) is 102 Å². The predicted molar refractivity (Wildman–Crippen MR) is 79.3 cm³/mol. The van der Waals surface area contributed by atoms with Crippen LogP contribution in [0.2, 0.25) is 0 Å². The summed E-state index contributed by atoms with van der Waals surface area (Å²) in [5.41, 5.74) is 6.06. The van der Waals surface area contributed by atoms with Crippen LogP contribution in [0.4, 0.5) is 5.69 Å². The summed E-state index contributed by atoms with van der Waals surface area (Å²) in [5, 5.41) is 8.51. The molecule has 0 amide bonds. The zero-order valence-corrected chi connectivity index (χ0v) is 13.9. The maximum Gasteiger partial charge on any atom is 0.242 e. The monoisotopic (exact) mass is 416 g/mol. The van der Waals surface area contributed by atoms with Gasteiger partial charge in [-0.15, -0.1) is 0 Å². The number of sulfonamides is 1. The van der Waals surface area contributed by atoms with Crippen LogP contribution in [0.1, 0.15) is 0 Å². The molecule has 0 radical (unpaired) electrons. The molecule has 6 nitrogen and oxygen atoms in total. The Morgan fingerprint density at radius 2 is 1.84 bits per heavy atom. The van der Waals surface area contributed by atoms with Gasteiger partial charge < -0.3 is 15.6 Å². The van der Waals surface area contributed by atoms with Crippen LogP contribution in [0.3, 0.4) is 0 Å². The number of nitrogen functional groups attached to an aromatic ring is 1. The van der Waals surface area contributed by atoms with Crippen molar-refractivity contribution < 1.29 is 18.3 Å². The van der Waals surface area contributed by atoms with E-state index in [1.165, 1.54) is 12.1 Å². The van der Waals surface area contributed by atoms with E-state index in [1.54, 1.807) is 0 Å². The van der Waals surface area contributed by atoms with Crippen LogP contribution in [0.5, 0.6) is 0 Å². The van der Waals surface area contributed by atoms with E-state index in [9.17, 15) is 8.42 Å². The molecular weight excluding hydrogens is 404 g/mol. The third-order valence-electron chi connectivity index (χ3n) is 2.06. The van der Waals surface area contributed by atoms with E-state index in [0.717, 1.165) is 0 Å². The van der Waals surface area contributed by atoms with Crippen molar-refractivity contribution in [1.82, 2.24) is 4.72 Å². The van der Waals surface area contributed by atoms with E-state index >= 15 is 0 Å². The lowest BCUT2D eigenvalue weighted by Crippen LogP contribution is -2.28. The summed E-state index contributed by atoms with van der Waals surface area (Å²) in [6.07, 6.45) is 0. The SMILES string of the molecule is Nc1cc(Br)c(S(=O)(=O)NCCOCCO)c(Br)c1. The normalized spacial score (nSPS) is 11.7. The second-order valence-electron chi connectivity index (χ2n) is 3.55. The molecule has 0 aromatic heterocycles. The van der Waals surface area contributed by atoms with Gasteiger partial charge in [0.2, 0.25) is 10.0 Å². The zero-order valence-electron chi connectivity index (χ0n) is 9.90. The Labute approximate surface area is 128 Å². The molecule has 0 fully saturated rings. The summed E-state index contributed by atoms with van der Waals surface area (Å²) >= 11 is 6.35. The van der Waals surface area contributed by atoms with E-state index in [-0.39, 0.29) is 31.3 Å². The number of nitrogens with two attached hydrogens (primary N) is 1. The first-order valence-electron chi connectivity index (χ1n) is 5.31. The van der Waals surface area contributed by atoms with Gasteiger partial charge in [0.15, 0.2) is 0 Å². The number of hydrogen-bond acceptors (Lipinski definition) is 5. The van der Waals surface area contributed by atoms with Crippen molar-refractivity contribution in [2.45, 2.75) is 4.90 Å². The first-order valence-corrected chi connectivity index (χ1v) is 8.38. The number of aliphatic hydroxyl groups is 1. The van der Waals surface area contributed by atoms with E-state index in [2.05, 4.69) is 36.6 Å². The van der Waals surface area contributed by atoms with Crippen LogP contribution in [-0.2, 0) is 14.8 Å². The highest BCUT2D eigenvalue weighted by atomic mass is 79.9. The lowest BCUT2D eigenvalue weighted by molar-refractivity contribution is 0.0961. The number of hydrogen-bond donors (Lipinski definition) is 3. The van der Waals surface area contributed by atoms with Crippen LogP contribution >= 0.6 is 31.9 Å².